The second-order valence-electron chi connectivity index (χ2n) is 6.36. The second-order valence-corrected chi connectivity index (χ2v) is 8.47. The molecular weight excluding hydrogens is 507 g/mol. The third-order valence-corrected chi connectivity index (χ3v) is 6.30. The average Bonchev–Trinajstić information content (AvgIpc) is 3.26. The number of carbonyl (C=O) groups excluding carboxylic acids is 1. The maximum absolute atomic E-state index is 12.4. The molecule has 3 rings (SSSR count). The number of aliphatic imine (C=N–C) groups is 1. The lowest BCUT2D eigenvalue weighted by molar-refractivity contribution is 0.0658. The molecule has 0 radical (unpaired) electrons. The lowest BCUT2D eigenvalue weighted by atomic mass is 10.3. The fourth-order valence-electron chi connectivity index (χ4n) is 3.05. The molecule has 1 aromatic heterocycles. The maximum Gasteiger partial charge on any atom is 0.289 e. The van der Waals surface area contributed by atoms with Crippen molar-refractivity contribution in [2.75, 3.05) is 45.5 Å². The van der Waals surface area contributed by atoms with Crippen molar-refractivity contribution in [3.63, 3.8) is 0 Å². The highest BCUT2D eigenvalue weighted by atomic mass is 127. The van der Waals surface area contributed by atoms with Gasteiger partial charge in [-0.25, -0.2) is 8.42 Å². The number of carbonyl (C=O) groups is 1. The van der Waals surface area contributed by atoms with Gasteiger partial charge in [0.25, 0.3) is 5.91 Å². The van der Waals surface area contributed by atoms with E-state index in [2.05, 4.69) is 10.3 Å². The predicted molar refractivity (Wildman–Crippen MR) is 121 cm³/mol. The first-order chi connectivity index (χ1) is 13.5. The lowest BCUT2D eigenvalue weighted by Gasteiger charge is -2.36. The molecule has 0 saturated carbocycles. The Kier molecular flexibility index (Phi) is 8.50. The van der Waals surface area contributed by atoms with Crippen LogP contribution in [0.2, 0.25) is 0 Å². The third-order valence-electron chi connectivity index (χ3n) is 4.57. The molecule has 2 aromatic rings. The molecule has 2 heterocycles. The molecule has 0 bridgehead atoms. The van der Waals surface area contributed by atoms with Crippen LogP contribution in [0.25, 0.3) is 0 Å². The van der Waals surface area contributed by atoms with Gasteiger partial charge in [-0.2, -0.15) is 0 Å². The summed E-state index contributed by atoms with van der Waals surface area (Å²) < 4.78 is 29.9. The summed E-state index contributed by atoms with van der Waals surface area (Å²) in [6, 6.07) is 11.8. The van der Waals surface area contributed by atoms with Crippen LogP contribution in [0.15, 0.2) is 63.0 Å². The van der Waals surface area contributed by atoms with E-state index >= 15 is 0 Å². The molecule has 1 saturated heterocycles. The Morgan fingerprint density at radius 3 is 2.31 bits per heavy atom. The van der Waals surface area contributed by atoms with Gasteiger partial charge in [0.05, 0.1) is 16.9 Å². The molecule has 1 N–H and O–H groups in total. The molecular formula is C19H25IN4O4S. The highest BCUT2D eigenvalue weighted by molar-refractivity contribution is 14.0. The van der Waals surface area contributed by atoms with Gasteiger partial charge in [-0.05, 0) is 24.3 Å². The molecule has 1 aromatic carbocycles. The first-order valence-corrected chi connectivity index (χ1v) is 10.7. The number of rotatable bonds is 5. The number of halogens is 1. The van der Waals surface area contributed by atoms with E-state index in [0.717, 1.165) is 0 Å². The minimum absolute atomic E-state index is 0. The summed E-state index contributed by atoms with van der Waals surface area (Å²) in [7, 11) is -1.68. The molecule has 1 amide bonds. The highest BCUT2D eigenvalue weighted by Crippen LogP contribution is 2.11. The fraction of sp³-hybridized carbons (Fsp3) is 0.368. The number of hydrogen-bond donors (Lipinski definition) is 1. The zero-order valence-corrected chi connectivity index (χ0v) is 19.3. The molecule has 8 nitrogen and oxygen atoms in total. The van der Waals surface area contributed by atoms with Crippen molar-refractivity contribution in [1.29, 1.82) is 0 Å². The van der Waals surface area contributed by atoms with Crippen LogP contribution < -0.4 is 5.32 Å². The van der Waals surface area contributed by atoms with Crippen molar-refractivity contribution < 1.29 is 17.6 Å². The monoisotopic (exact) mass is 532 g/mol. The fourth-order valence-corrected chi connectivity index (χ4v) is 4.23. The topological polar surface area (TPSA) is 95.2 Å². The van der Waals surface area contributed by atoms with Crippen LogP contribution in [0.4, 0.5) is 0 Å². The second kappa shape index (κ2) is 10.6. The average molecular weight is 532 g/mol. The Morgan fingerprint density at radius 2 is 1.72 bits per heavy atom. The smallest absolute Gasteiger partial charge is 0.289 e. The van der Waals surface area contributed by atoms with Crippen LogP contribution in [-0.2, 0) is 9.84 Å². The molecule has 10 heteroatoms. The molecule has 158 valence electrons. The maximum atomic E-state index is 12.4. The van der Waals surface area contributed by atoms with Gasteiger partial charge in [0.1, 0.15) is 0 Å². The van der Waals surface area contributed by atoms with E-state index in [9.17, 15) is 13.2 Å². The predicted octanol–water partition coefficient (Wildman–Crippen LogP) is 1.70. The number of benzene rings is 1. The van der Waals surface area contributed by atoms with Gasteiger partial charge in [0, 0.05) is 39.8 Å². The van der Waals surface area contributed by atoms with Crippen molar-refractivity contribution in [3.8, 4) is 0 Å². The van der Waals surface area contributed by atoms with Gasteiger partial charge in [0.15, 0.2) is 21.6 Å². The zero-order chi connectivity index (χ0) is 20.0. The van der Waals surface area contributed by atoms with Crippen LogP contribution in [0, 0.1) is 0 Å². The first kappa shape index (κ1) is 23.2. The quantitative estimate of drug-likeness (QED) is 0.358. The van der Waals surface area contributed by atoms with E-state index < -0.39 is 9.84 Å². The number of sulfone groups is 1. The first-order valence-electron chi connectivity index (χ1n) is 9.07. The highest BCUT2D eigenvalue weighted by Gasteiger charge is 2.25. The van der Waals surface area contributed by atoms with Gasteiger partial charge in [0.2, 0.25) is 0 Å². The number of amides is 1. The van der Waals surface area contributed by atoms with Crippen LogP contribution in [0.3, 0.4) is 0 Å². The molecule has 0 spiro atoms. The molecule has 1 fully saturated rings. The Balaban J connectivity index is 0.00000300. The summed E-state index contributed by atoms with van der Waals surface area (Å²) in [6.45, 7) is 2.57. The molecule has 0 aliphatic carbocycles. The van der Waals surface area contributed by atoms with Crippen molar-refractivity contribution in [2.45, 2.75) is 4.90 Å². The molecule has 0 unspecified atom stereocenters. The van der Waals surface area contributed by atoms with E-state index in [1.165, 1.54) is 6.26 Å². The number of furan rings is 1. The summed E-state index contributed by atoms with van der Waals surface area (Å²) >= 11 is 0. The minimum Gasteiger partial charge on any atom is -0.459 e. The largest absolute Gasteiger partial charge is 0.459 e. The summed E-state index contributed by atoms with van der Waals surface area (Å²) in [5, 5.41) is 3.11. The SMILES string of the molecule is CN=C(NCCS(=O)(=O)c1ccccc1)N1CCN(C(=O)c2ccco2)CC1.I. The standard InChI is InChI=1S/C19H24N4O4S.HI/c1-20-19(21-9-15-28(25,26)16-6-3-2-4-7-16)23-12-10-22(11-13-23)18(24)17-8-5-14-27-17;/h2-8,14H,9-13,15H2,1H3,(H,20,21);1H. The van der Waals surface area contributed by atoms with E-state index in [4.69, 9.17) is 4.42 Å². The summed E-state index contributed by atoms with van der Waals surface area (Å²) in [6.07, 6.45) is 1.48. The summed E-state index contributed by atoms with van der Waals surface area (Å²) in [5.41, 5.74) is 0. The van der Waals surface area contributed by atoms with E-state index in [1.54, 1.807) is 54.4 Å². The normalized spacial score (nSPS) is 15.0. The van der Waals surface area contributed by atoms with Crippen molar-refractivity contribution in [2.24, 2.45) is 4.99 Å². The lowest BCUT2D eigenvalue weighted by Crippen LogP contribution is -2.54. The summed E-state index contributed by atoms with van der Waals surface area (Å²) in [4.78, 5) is 20.6. The van der Waals surface area contributed by atoms with Crippen molar-refractivity contribution >= 4 is 45.7 Å². The molecule has 29 heavy (non-hydrogen) atoms. The van der Waals surface area contributed by atoms with Gasteiger partial charge in [-0.3, -0.25) is 9.79 Å². The number of guanidine groups is 1. The van der Waals surface area contributed by atoms with Crippen molar-refractivity contribution in [1.82, 2.24) is 15.1 Å². The van der Waals surface area contributed by atoms with Gasteiger partial charge < -0.3 is 19.5 Å². The Hall–Kier alpha value is -2.08. The van der Waals surface area contributed by atoms with Crippen LogP contribution in [-0.4, -0.2) is 75.6 Å². The van der Waals surface area contributed by atoms with E-state index in [-0.39, 0.29) is 42.2 Å². The zero-order valence-electron chi connectivity index (χ0n) is 16.2. The Morgan fingerprint density at radius 1 is 1.07 bits per heavy atom. The van der Waals surface area contributed by atoms with Crippen LogP contribution in [0.1, 0.15) is 10.6 Å². The van der Waals surface area contributed by atoms with Crippen LogP contribution >= 0.6 is 24.0 Å². The van der Waals surface area contributed by atoms with Gasteiger partial charge in [-0.1, -0.05) is 18.2 Å². The minimum atomic E-state index is -3.34. The molecule has 1 aliphatic rings. The number of hydrogen-bond acceptors (Lipinski definition) is 5. The number of nitrogens with zero attached hydrogens (tertiary/aromatic N) is 3. The Labute approximate surface area is 187 Å². The molecule has 0 atom stereocenters. The van der Waals surface area contributed by atoms with Crippen molar-refractivity contribution in [3.05, 3.63) is 54.5 Å². The third kappa shape index (κ3) is 5.95. The van der Waals surface area contributed by atoms with Gasteiger partial charge in [-0.15, -0.1) is 24.0 Å². The van der Waals surface area contributed by atoms with Crippen LogP contribution in [0.5, 0.6) is 0 Å². The summed E-state index contributed by atoms with van der Waals surface area (Å²) in [5.74, 6) is 0.824. The number of nitrogens with one attached hydrogen (secondary N) is 1. The number of piperazine rings is 1. The van der Waals surface area contributed by atoms with Gasteiger partial charge >= 0.3 is 0 Å². The Bertz CT molecular complexity index is 909. The van der Waals surface area contributed by atoms with E-state index in [0.29, 0.717) is 42.8 Å². The molecule has 1 aliphatic heterocycles. The van der Waals surface area contributed by atoms with E-state index in [1.807, 2.05) is 4.90 Å².